The Balaban J connectivity index is 1.59. The molecule has 0 atom stereocenters. The normalized spacial score (nSPS) is 10.6. The number of hydrogen-bond donors (Lipinski definition) is 2. The Labute approximate surface area is 148 Å². The van der Waals surface area contributed by atoms with Crippen molar-refractivity contribution in [3.05, 3.63) is 55.2 Å². The maximum Gasteiger partial charge on any atom is 0.238 e. The molecule has 8 nitrogen and oxygen atoms in total. The molecule has 3 heterocycles. The van der Waals surface area contributed by atoms with Crippen LogP contribution in [0.2, 0.25) is 0 Å². The van der Waals surface area contributed by atoms with Gasteiger partial charge in [0.2, 0.25) is 5.91 Å². The molecule has 0 saturated heterocycles. The summed E-state index contributed by atoms with van der Waals surface area (Å²) < 4.78 is 1.75. The number of hydrogen-bond acceptors (Lipinski definition) is 5. The van der Waals surface area contributed by atoms with Crippen molar-refractivity contribution in [3.63, 3.8) is 0 Å². The first-order valence-electron chi connectivity index (χ1n) is 7.85. The number of H-pyrrole nitrogens is 1. The molecule has 0 saturated carbocycles. The molecule has 0 fully saturated rings. The zero-order valence-corrected chi connectivity index (χ0v) is 13.5. The van der Waals surface area contributed by atoms with Gasteiger partial charge in [-0.05, 0) is 30.3 Å². The van der Waals surface area contributed by atoms with Gasteiger partial charge in [0.25, 0.3) is 0 Å². The van der Waals surface area contributed by atoms with E-state index in [0.717, 1.165) is 22.3 Å². The molecule has 2 N–H and O–H groups in total. The Morgan fingerprint density at radius 2 is 2.08 bits per heavy atom. The highest BCUT2D eigenvalue weighted by Gasteiger charge is 2.09. The van der Waals surface area contributed by atoms with Gasteiger partial charge in [0.1, 0.15) is 6.42 Å². The fraction of sp³-hybridized carbons (Fsp3) is 0.0556. The number of carbonyl (C=O) groups excluding carboxylic acids is 1. The molecule has 0 aliphatic rings. The number of anilines is 1. The smallest absolute Gasteiger partial charge is 0.238 e. The number of fused-ring (bicyclic) bond motifs is 1. The topological polar surface area (TPSA) is 112 Å². The fourth-order valence-electron chi connectivity index (χ4n) is 2.67. The van der Waals surface area contributed by atoms with Crippen molar-refractivity contribution < 1.29 is 4.79 Å². The van der Waals surface area contributed by atoms with E-state index in [9.17, 15) is 4.79 Å². The lowest BCUT2D eigenvalue weighted by molar-refractivity contribution is -0.115. The molecule has 0 spiro atoms. The molecule has 126 valence electrons. The summed E-state index contributed by atoms with van der Waals surface area (Å²) in [6, 6.07) is 11.0. The molecular formula is C18H13N7O. The monoisotopic (exact) mass is 343 g/mol. The molecule has 4 aromatic rings. The number of aromatic nitrogens is 5. The third-order valence-electron chi connectivity index (χ3n) is 3.88. The van der Waals surface area contributed by atoms with Crippen molar-refractivity contribution in [1.29, 1.82) is 5.26 Å². The summed E-state index contributed by atoms with van der Waals surface area (Å²) in [6.45, 7) is 0. The van der Waals surface area contributed by atoms with Gasteiger partial charge < -0.3 is 10.3 Å². The minimum atomic E-state index is -0.331. The highest BCUT2D eigenvalue weighted by Crippen LogP contribution is 2.25. The lowest BCUT2D eigenvalue weighted by atomic mass is 10.1. The van der Waals surface area contributed by atoms with Crippen LogP contribution in [0.25, 0.3) is 28.0 Å². The Morgan fingerprint density at radius 3 is 2.88 bits per heavy atom. The third kappa shape index (κ3) is 2.89. The third-order valence-corrected chi connectivity index (χ3v) is 3.88. The summed E-state index contributed by atoms with van der Waals surface area (Å²) >= 11 is 0. The molecule has 4 rings (SSSR count). The average molecular weight is 343 g/mol. The first-order chi connectivity index (χ1) is 12.7. The van der Waals surface area contributed by atoms with Crippen LogP contribution in [-0.4, -0.2) is 30.6 Å². The minimum absolute atomic E-state index is 0.168. The summed E-state index contributed by atoms with van der Waals surface area (Å²) in [5.41, 5.74) is 4.92. The Kier molecular flexibility index (Phi) is 3.88. The summed E-state index contributed by atoms with van der Waals surface area (Å²) in [5, 5.41) is 15.6. The highest BCUT2D eigenvalue weighted by atomic mass is 16.1. The highest BCUT2D eigenvalue weighted by molar-refractivity contribution is 5.92. The van der Waals surface area contributed by atoms with Crippen molar-refractivity contribution in [2.45, 2.75) is 6.42 Å². The predicted molar refractivity (Wildman–Crippen MR) is 95.3 cm³/mol. The van der Waals surface area contributed by atoms with E-state index in [1.807, 2.05) is 30.5 Å². The van der Waals surface area contributed by atoms with E-state index in [1.54, 1.807) is 35.5 Å². The van der Waals surface area contributed by atoms with E-state index >= 15 is 0 Å². The van der Waals surface area contributed by atoms with E-state index in [1.165, 1.54) is 0 Å². The summed E-state index contributed by atoms with van der Waals surface area (Å²) in [5.74, 6) is -0.331. The van der Waals surface area contributed by atoms with Crippen LogP contribution < -0.4 is 5.32 Å². The molecule has 0 unspecified atom stereocenters. The van der Waals surface area contributed by atoms with Gasteiger partial charge in [0.15, 0.2) is 5.65 Å². The van der Waals surface area contributed by atoms with Gasteiger partial charge in [0.05, 0.1) is 29.8 Å². The number of aromatic amines is 1. The molecule has 1 aromatic carbocycles. The quantitative estimate of drug-likeness (QED) is 0.591. The number of nitriles is 1. The molecule has 26 heavy (non-hydrogen) atoms. The van der Waals surface area contributed by atoms with Crippen molar-refractivity contribution in [1.82, 2.24) is 24.7 Å². The molecule has 0 bridgehead atoms. The van der Waals surface area contributed by atoms with Crippen molar-refractivity contribution in [3.8, 4) is 22.9 Å². The second-order valence-corrected chi connectivity index (χ2v) is 5.56. The molecule has 8 heteroatoms. The molecular weight excluding hydrogens is 330 g/mol. The van der Waals surface area contributed by atoms with Gasteiger partial charge in [0, 0.05) is 29.2 Å². The fourth-order valence-corrected chi connectivity index (χ4v) is 2.67. The number of pyridine rings is 1. The first kappa shape index (κ1) is 15.5. The van der Waals surface area contributed by atoms with Gasteiger partial charge in [-0.25, -0.2) is 14.6 Å². The van der Waals surface area contributed by atoms with Crippen LogP contribution in [0.15, 0.2) is 55.2 Å². The molecule has 0 aliphatic carbocycles. The first-order valence-corrected chi connectivity index (χ1v) is 7.85. The van der Waals surface area contributed by atoms with Crippen LogP contribution in [-0.2, 0) is 4.79 Å². The Morgan fingerprint density at radius 1 is 1.23 bits per heavy atom. The number of rotatable bonds is 4. The molecule has 0 radical (unpaired) electrons. The van der Waals surface area contributed by atoms with Crippen LogP contribution in [0, 0.1) is 11.3 Å². The van der Waals surface area contributed by atoms with Gasteiger partial charge in [-0.15, -0.1) is 0 Å². The summed E-state index contributed by atoms with van der Waals surface area (Å²) in [6.07, 6.45) is 6.86. The number of nitrogens with one attached hydrogen (secondary N) is 2. The van der Waals surface area contributed by atoms with Crippen molar-refractivity contribution >= 4 is 22.8 Å². The van der Waals surface area contributed by atoms with E-state index in [0.29, 0.717) is 11.3 Å². The second-order valence-electron chi connectivity index (χ2n) is 5.56. The second kappa shape index (κ2) is 6.49. The van der Waals surface area contributed by atoms with Crippen molar-refractivity contribution in [2.75, 3.05) is 5.32 Å². The molecule has 0 aliphatic heterocycles. The van der Waals surface area contributed by atoms with E-state index in [2.05, 4.69) is 25.4 Å². The predicted octanol–water partition coefficient (Wildman–Crippen LogP) is 2.66. The average Bonchev–Trinajstić information content (AvgIpc) is 3.32. The summed E-state index contributed by atoms with van der Waals surface area (Å²) in [4.78, 5) is 22.9. The SMILES string of the molecule is N#CCC(=O)Nc1ccc(-n2cc(-c3ccnc4nc[nH]c34)cn2)cc1. The lowest BCUT2D eigenvalue weighted by Crippen LogP contribution is -2.10. The maximum absolute atomic E-state index is 11.4. The van der Waals surface area contributed by atoms with Gasteiger partial charge >= 0.3 is 0 Å². The molecule has 1 amide bonds. The number of benzene rings is 1. The zero-order chi connectivity index (χ0) is 17.9. The van der Waals surface area contributed by atoms with E-state index in [-0.39, 0.29) is 12.3 Å². The Hall–Kier alpha value is -3.99. The van der Waals surface area contributed by atoms with Crippen LogP contribution in [0.5, 0.6) is 0 Å². The lowest BCUT2D eigenvalue weighted by Gasteiger charge is -2.05. The van der Waals surface area contributed by atoms with E-state index in [4.69, 9.17) is 5.26 Å². The number of amides is 1. The van der Waals surface area contributed by atoms with Crippen LogP contribution in [0.4, 0.5) is 5.69 Å². The number of nitrogens with zero attached hydrogens (tertiary/aromatic N) is 5. The zero-order valence-electron chi connectivity index (χ0n) is 13.5. The number of carbonyl (C=O) groups is 1. The van der Waals surface area contributed by atoms with Gasteiger partial charge in [-0.3, -0.25) is 4.79 Å². The standard InChI is InChI=1S/C18H13N7O/c19-7-5-16(26)24-13-1-3-14(4-2-13)25-10-12(9-23-25)15-6-8-20-18-17(15)21-11-22-18/h1-4,6,8-11H,5H2,(H,24,26)(H,20,21,22). The Bertz CT molecular complexity index is 1120. The number of imidazole rings is 1. The molecule has 3 aromatic heterocycles. The van der Waals surface area contributed by atoms with Crippen LogP contribution in [0.1, 0.15) is 6.42 Å². The minimum Gasteiger partial charge on any atom is -0.343 e. The summed E-state index contributed by atoms with van der Waals surface area (Å²) in [7, 11) is 0. The van der Waals surface area contributed by atoms with Crippen molar-refractivity contribution in [2.24, 2.45) is 0 Å². The van der Waals surface area contributed by atoms with Gasteiger partial charge in [-0.2, -0.15) is 10.4 Å². The largest absolute Gasteiger partial charge is 0.343 e. The van der Waals surface area contributed by atoms with Crippen LogP contribution >= 0.6 is 0 Å². The van der Waals surface area contributed by atoms with Crippen LogP contribution in [0.3, 0.4) is 0 Å². The maximum atomic E-state index is 11.4. The van der Waals surface area contributed by atoms with E-state index < -0.39 is 0 Å². The van der Waals surface area contributed by atoms with Gasteiger partial charge in [-0.1, -0.05) is 0 Å².